The number of hydrogen-bond donors (Lipinski definition) is 2. The SMILES string of the molecule is CC(O)C1CCN(CC(=O)Nc2cccc(I)c2)C1. The highest BCUT2D eigenvalue weighted by molar-refractivity contribution is 14.1. The fourth-order valence-corrected chi connectivity index (χ4v) is 2.91. The third-order valence-corrected chi connectivity index (χ3v) is 4.14. The Labute approximate surface area is 127 Å². The number of likely N-dealkylation sites (tertiary alicyclic amines) is 1. The first-order valence-corrected chi connectivity index (χ1v) is 7.58. The summed E-state index contributed by atoms with van der Waals surface area (Å²) < 4.78 is 1.10. The van der Waals surface area contributed by atoms with Gasteiger partial charge >= 0.3 is 0 Å². The van der Waals surface area contributed by atoms with Crippen LogP contribution in [0.5, 0.6) is 0 Å². The molecule has 19 heavy (non-hydrogen) atoms. The molecule has 0 aromatic heterocycles. The summed E-state index contributed by atoms with van der Waals surface area (Å²) in [7, 11) is 0. The molecule has 0 radical (unpaired) electrons. The zero-order valence-electron chi connectivity index (χ0n) is 11.0. The predicted octanol–water partition coefficient (Wildman–Crippen LogP) is 1.93. The van der Waals surface area contributed by atoms with Gasteiger partial charge in [-0.2, -0.15) is 0 Å². The van der Waals surface area contributed by atoms with Crippen LogP contribution in [0.15, 0.2) is 24.3 Å². The van der Waals surface area contributed by atoms with Gasteiger partial charge in [0.05, 0.1) is 12.6 Å². The molecule has 1 aromatic rings. The summed E-state index contributed by atoms with van der Waals surface area (Å²) in [6, 6.07) is 7.75. The standard InChI is InChI=1S/C14H19IN2O2/c1-10(18)11-5-6-17(8-11)9-14(19)16-13-4-2-3-12(15)7-13/h2-4,7,10-11,18H,5-6,8-9H2,1H3,(H,16,19). The second kappa shape index (κ2) is 6.67. The molecule has 0 spiro atoms. The Morgan fingerprint density at radius 3 is 3.05 bits per heavy atom. The molecule has 0 saturated carbocycles. The molecule has 2 N–H and O–H groups in total. The van der Waals surface area contributed by atoms with Crippen molar-refractivity contribution in [1.29, 1.82) is 0 Å². The Balaban J connectivity index is 1.82. The van der Waals surface area contributed by atoms with Gasteiger partial charge in [-0.15, -0.1) is 0 Å². The molecule has 1 aliphatic rings. The number of nitrogens with zero attached hydrogens (tertiary/aromatic N) is 1. The molecule has 1 fully saturated rings. The fraction of sp³-hybridized carbons (Fsp3) is 0.500. The van der Waals surface area contributed by atoms with Crippen LogP contribution in [0.1, 0.15) is 13.3 Å². The number of aliphatic hydroxyl groups excluding tert-OH is 1. The van der Waals surface area contributed by atoms with Gasteiger partial charge in [-0.25, -0.2) is 0 Å². The number of halogens is 1. The summed E-state index contributed by atoms with van der Waals surface area (Å²) in [6.45, 7) is 3.90. The number of rotatable bonds is 4. The minimum Gasteiger partial charge on any atom is -0.393 e. The Kier molecular flexibility index (Phi) is 5.18. The minimum atomic E-state index is -0.288. The van der Waals surface area contributed by atoms with Crippen molar-refractivity contribution in [3.8, 4) is 0 Å². The molecule has 2 rings (SSSR count). The number of amides is 1. The first-order valence-electron chi connectivity index (χ1n) is 6.50. The van der Waals surface area contributed by atoms with E-state index >= 15 is 0 Å². The van der Waals surface area contributed by atoms with Gasteiger partial charge in [0.1, 0.15) is 0 Å². The van der Waals surface area contributed by atoms with Crippen LogP contribution in [0, 0.1) is 9.49 Å². The second-order valence-electron chi connectivity index (χ2n) is 5.08. The van der Waals surface area contributed by atoms with Gasteiger partial charge in [0.25, 0.3) is 0 Å². The summed E-state index contributed by atoms with van der Waals surface area (Å²) >= 11 is 2.22. The lowest BCUT2D eigenvalue weighted by molar-refractivity contribution is -0.117. The number of hydrogen-bond acceptors (Lipinski definition) is 3. The molecule has 104 valence electrons. The van der Waals surface area contributed by atoms with E-state index in [1.165, 1.54) is 0 Å². The molecule has 2 unspecified atom stereocenters. The Morgan fingerprint density at radius 2 is 2.42 bits per heavy atom. The molecule has 0 bridgehead atoms. The van der Waals surface area contributed by atoms with Crippen LogP contribution in [-0.4, -0.2) is 41.7 Å². The van der Waals surface area contributed by atoms with Crippen molar-refractivity contribution in [2.75, 3.05) is 25.0 Å². The fourth-order valence-electron chi connectivity index (χ4n) is 2.37. The van der Waals surface area contributed by atoms with Crippen LogP contribution in [0.2, 0.25) is 0 Å². The average Bonchev–Trinajstić information content (AvgIpc) is 2.77. The smallest absolute Gasteiger partial charge is 0.238 e. The number of anilines is 1. The largest absolute Gasteiger partial charge is 0.393 e. The molecule has 1 saturated heterocycles. The lowest BCUT2D eigenvalue weighted by atomic mass is 10.0. The number of nitrogens with one attached hydrogen (secondary N) is 1. The molecule has 1 amide bonds. The van der Waals surface area contributed by atoms with Crippen molar-refractivity contribution in [1.82, 2.24) is 4.90 Å². The maximum atomic E-state index is 11.9. The van der Waals surface area contributed by atoms with Crippen LogP contribution in [0.3, 0.4) is 0 Å². The van der Waals surface area contributed by atoms with Gasteiger partial charge < -0.3 is 10.4 Å². The third-order valence-electron chi connectivity index (χ3n) is 3.47. The summed E-state index contributed by atoms with van der Waals surface area (Å²) in [5.74, 6) is 0.304. The molecule has 1 aromatic carbocycles. The monoisotopic (exact) mass is 374 g/mol. The van der Waals surface area contributed by atoms with Crippen LogP contribution < -0.4 is 5.32 Å². The first kappa shape index (κ1) is 14.7. The van der Waals surface area contributed by atoms with Crippen LogP contribution >= 0.6 is 22.6 Å². The summed E-state index contributed by atoms with van der Waals surface area (Å²) in [5.41, 5.74) is 0.836. The topological polar surface area (TPSA) is 52.6 Å². The van der Waals surface area contributed by atoms with E-state index in [1.54, 1.807) is 0 Å². The molecule has 4 nitrogen and oxygen atoms in total. The summed E-state index contributed by atoms with van der Waals surface area (Å²) in [4.78, 5) is 14.0. The normalized spacial score (nSPS) is 21.3. The van der Waals surface area contributed by atoms with Crippen molar-refractivity contribution in [2.24, 2.45) is 5.92 Å². The van der Waals surface area contributed by atoms with E-state index in [9.17, 15) is 9.90 Å². The van der Waals surface area contributed by atoms with E-state index in [2.05, 4.69) is 32.8 Å². The predicted molar refractivity (Wildman–Crippen MR) is 84.0 cm³/mol. The Morgan fingerprint density at radius 1 is 1.63 bits per heavy atom. The van der Waals surface area contributed by atoms with Crippen LogP contribution in [-0.2, 0) is 4.79 Å². The van der Waals surface area contributed by atoms with Gasteiger partial charge in [0.15, 0.2) is 0 Å². The Bertz CT molecular complexity index is 451. The van der Waals surface area contributed by atoms with Gasteiger partial charge in [-0.05, 0) is 66.6 Å². The van der Waals surface area contributed by atoms with Crippen LogP contribution in [0.4, 0.5) is 5.69 Å². The van der Waals surface area contributed by atoms with Crippen molar-refractivity contribution < 1.29 is 9.90 Å². The highest BCUT2D eigenvalue weighted by Crippen LogP contribution is 2.19. The maximum absolute atomic E-state index is 11.9. The molecule has 5 heteroatoms. The van der Waals surface area contributed by atoms with E-state index in [0.29, 0.717) is 12.5 Å². The van der Waals surface area contributed by atoms with Gasteiger partial charge in [-0.3, -0.25) is 9.69 Å². The van der Waals surface area contributed by atoms with Crippen molar-refractivity contribution in [3.63, 3.8) is 0 Å². The zero-order chi connectivity index (χ0) is 13.8. The van der Waals surface area contributed by atoms with E-state index in [-0.39, 0.29) is 12.0 Å². The van der Waals surface area contributed by atoms with Crippen molar-refractivity contribution in [2.45, 2.75) is 19.4 Å². The zero-order valence-corrected chi connectivity index (χ0v) is 13.1. The number of carbonyl (C=O) groups excluding carboxylic acids is 1. The Hall–Kier alpha value is -0.660. The number of benzene rings is 1. The molecular formula is C14H19IN2O2. The van der Waals surface area contributed by atoms with E-state index in [0.717, 1.165) is 28.8 Å². The first-order chi connectivity index (χ1) is 9.04. The molecule has 1 heterocycles. The minimum absolute atomic E-state index is 0.00763. The number of carbonyl (C=O) groups is 1. The highest BCUT2D eigenvalue weighted by atomic mass is 127. The summed E-state index contributed by atoms with van der Waals surface area (Å²) in [5, 5.41) is 12.4. The van der Waals surface area contributed by atoms with Crippen molar-refractivity contribution >= 4 is 34.2 Å². The van der Waals surface area contributed by atoms with E-state index in [1.807, 2.05) is 31.2 Å². The lowest BCUT2D eigenvalue weighted by Crippen LogP contribution is -2.32. The van der Waals surface area contributed by atoms with E-state index in [4.69, 9.17) is 0 Å². The average molecular weight is 374 g/mol. The van der Waals surface area contributed by atoms with Crippen molar-refractivity contribution in [3.05, 3.63) is 27.8 Å². The number of aliphatic hydroxyl groups is 1. The second-order valence-corrected chi connectivity index (χ2v) is 6.33. The third kappa shape index (κ3) is 4.43. The van der Waals surface area contributed by atoms with Gasteiger partial charge in [0.2, 0.25) is 5.91 Å². The quantitative estimate of drug-likeness (QED) is 0.793. The van der Waals surface area contributed by atoms with Gasteiger partial charge in [0, 0.05) is 15.8 Å². The highest BCUT2D eigenvalue weighted by Gasteiger charge is 2.26. The van der Waals surface area contributed by atoms with E-state index < -0.39 is 0 Å². The molecule has 1 aliphatic heterocycles. The molecular weight excluding hydrogens is 355 g/mol. The lowest BCUT2D eigenvalue weighted by Gasteiger charge is -2.17. The molecule has 2 atom stereocenters. The van der Waals surface area contributed by atoms with Crippen LogP contribution in [0.25, 0.3) is 0 Å². The molecule has 0 aliphatic carbocycles. The van der Waals surface area contributed by atoms with Gasteiger partial charge in [-0.1, -0.05) is 6.07 Å². The summed E-state index contributed by atoms with van der Waals surface area (Å²) in [6.07, 6.45) is 0.678. The maximum Gasteiger partial charge on any atom is 0.238 e.